The normalized spacial score (nSPS) is 24.5. The number of unbranched alkanes of at least 4 members (excludes halogenated alkanes) is 1. The Morgan fingerprint density at radius 2 is 1.51 bits per heavy atom. The van der Waals surface area contributed by atoms with E-state index in [4.69, 9.17) is 16.2 Å². The Kier molecular flexibility index (Phi) is 24.3. The number of hydrogen-bond donors (Lipinski definition) is 10. The molecule has 1 fully saturated rings. The second-order valence-corrected chi connectivity index (χ2v) is 16.9. The van der Waals surface area contributed by atoms with Gasteiger partial charge < -0.3 is 63.2 Å². The molecule has 1 saturated heterocycles. The van der Waals surface area contributed by atoms with Gasteiger partial charge in [-0.3, -0.25) is 38.6 Å². The average Bonchev–Trinajstić information content (AvgIpc) is 3.30. The predicted octanol–water partition coefficient (Wildman–Crippen LogP) is 0.126. The summed E-state index contributed by atoms with van der Waals surface area (Å²) in [5.41, 5.74) is 12.2. The first-order chi connectivity index (χ1) is 32.5. The zero-order valence-corrected chi connectivity index (χ0v) is 40.4. The number of hydrogen-bond acceptors (Lipinski definition) is 11. The van der Waals surface area contributed by atoms with Gasteiger partial charge in [0.1, 0.15) is 35.9 Å². The molecule has 0 bridgehead atoms. The highest BCUT2D eigenvalue weighted by molar-refractivity contribution is 6.00. The minimum Gasteiger partial charge on any atom is -0.480 e. The van der Waals surface area contributed by atoms with Gasteiger partial charge in [0.2, 0.25) is 35.4 Å². The fourth-order valence-electron chi connectivity index (χ4n) is 7.07. The largest absolute Gasteiger partial charge is 0.480 e. The number of benzene rings is 1. The summed E-state index contributed by atoms with van der Waals surface area (Å²) in [6, 6.07) is 1.20. The van der Waals surface area contributed by atoms with Gasteiger partial charge in [0.05, 0.1) is 24.5 Å². The molecule has 0 radical (unpaired) electrons. The van der Waals surface area contributed by atoms with Crippen molar-refractivity contribution in [3.63, 3.8) is 0 Å². The van der Waals surface area contributed by atoms with E-state index in [0.29, 0.717) is 12.8 Å². The second kappa shape index (κ2) is 28.9. The lowest BCUT2D eigenvalue weighted by atomic mass is 9.94. The maximum atomic E-state index is 13.9. The third-order valence-corrected chi connectivity index (χ3v) is 11.5. The van der Waals surface area contributed by atoms with Gasteiger partial charge in [-0.05, 0) is 57.9 Å². The van der Waals surface area contributed by atoms with Crippen LogP contribution in [-0.2, 0) is 54.3 Å². The molecule has 1 heterocycles. The highest BCUT2D eigenvalue weighted by atomic mass is 16.5. The van der Waals surface area contributed by atoms with Crippen LogP contribution in [0.5, 0.6) is 0 Å². The van der Waals surface area contributed by atoms with E-state index in [9.17, 15) is 53.4 Å². The van der Waals surface area contributed by atoms with Crippen molar-refractivity contribution < 1.29 is 58.1 Å². The molecule has 12 N–H and O–H groups in total. The molecule has 0 aromatic heterocycles. The standard InChI is InChI=1S/C47H70N10O12/c1-9-32-43(63)53-33(19-18-26(2)23-27(3)37(69-8)24-31-15-11-10-12-16-31)28(4)40(60)55-35(45(65)66)20-21-39(59)57(7)30(6)42(62)51-29(5)41(61)54-34(17-13-14-22-50-47(48)49)44(64)56-36(46(67)68)25-38(58)52-32/h10-12,15-16,18-19,23,27-29,32-37H,6,9,13-14,17,20-22,24-25H2,1-5,7-8H3,(H,51,62)(H,52,58)(H,53,63)(H,54,61)(H,55,60)(H,56,64)(H,65,66)(H,67,68)(H4,48,49,50)/b19-18+,26-23+/t27-,28-,29+,32-,33-,34-,35+,36+,37-/m0/s1. The van der Waals surface area contributed by atoms with Crippen LogP contribution in [0.15, 0.2) is 71.4 Å². The summed E-state index contributed by atoms with van der Waals surface area (Å²) in [6.07, 6.45) is 4.39. The molecule has 1 aromatic rings. The zero-order chi connectivity index (χ0) is 52.0. The summed E-state index contributed by atoms with van der Waals surface area (Å²) in [5, 5.41) is 35.0. The third kappa shape index (κ3) is 20.0. The quantitative estimate of drug-likeness (QED) is 0.0367. The second-order valence-electron chi connectivity index (χ2n) is 16.9. The van der Waals surface area contributed by atoms with Crippen LogP contribution in [0, 0.1) is 11.8 Å². The monoisotopic (exact) mass is 967 g/mol. The maximum Gasteiger partial charge on any atom is 0.326 e. The van der Waals surface area contributed by atoms with Crippen molar-refractivity contribution in [2.75, 3.05) is 20.7 Å². The molecule has 22 heteroatoms. The van der Waals surface area contributed by atoms with Crippen molar-refractivity contribution in [2.45, 2.75) is 128 Å². The average molecular weight is 967 g/mol. The predicted molar refractivity (Wildman–Crippen MR) is 255 cm³/mol. The van der Waals surface area contributed by atoms with Crippen LogP contribution in [-0.4, -0.2) is 137 Å². The highest BCUT2D eigenvalue weighted by Crippen LogP contribution is 2.18. The lowest BCUT2D eigenvalue weighted by molar-refractivity contribution is -0.144. The molecule has 0 unspecified atom stereocenters. The Bertz CT molecular complexity index is 2090. The number of rotatable bonds is 15. The fourth-order valence-corrected chi connectivity index (χ4v) is 7.07. The molecule has 1 aliphatic rings. The number of methoxy groups -OCH3 is 1. The van der Waals surface area contributed by atoms with Crippen molar-refractivity contribution in [2.24, 2.45) is 28.3 Å². The summed E-state index contributed by atoms with van der Waals surface area (Å²) in [5.74, 6) is -10.6. The number of carboxylic acid groups (broad SMARTS) is 2. The molecule has 0 saturated carbocycles. The zero-order valence-electron chi connectivity index (χ0n) is 40.4. The smallest absolute Gasteiger partial charge is 0.326 e. The molecule has 380 valence electrons. The molecule has 1 aromatic carbocycles. The van der Waals surface area contributed by atoms with Gasteiger partial charge in [-0.15, -0.1) is 0 Å². The van der Waals surface area contributed by atoms with Crippen molar-refractivity contribution in [3.05, 3.63) is 72.0 Å². The molecule has 69 heavy (non-hydrogen) atoms. The number of ether oxygens (including phenoxy) is 1. The van der Waals surface area contributed by atoms with E-state index in [1.54, 1.807) is 26.2 Å². The van der Waals surface area contributed by atoms with E-state index in [-0.39, 0.29) is 43.8 Å². The number of carbonyl (C=O) groups is 9. The van der Waals surface area contributed by atoms with Crippen molar-refractivity contribution in [1.29, 1.82) is 0 Å². The topological polar surface area (TPSA) is 343 Å². The van der Waals surface area contributed by atoms with Crippen molar-refractivity contribution in [3.8, 4) is 0 Å². The van der Waals surface area contributed by atoms with E-state index >= 15 is 0 Å². The number of aliphatic carboxylic acids is 2. The van der Waals surface area contributed by atoms with E-state index in [1.165, 1.54) is 20.9 Å². The number of amides is 7. The fraction of sp³-hybridized carbons (Fsp3) is 0.532. The minimum atomic E-state index is -1.84. The first-order valence-electron chi connectivity index (χ1n) is 22.7. The number of nitrogens with two attached hydrogens (primary N) is 2. The SMILES string of the molecule is C=C1C(=O)N[C@H](C)C(=O)N[C@@H](CCCCN=C(N)N)C(=O)N[C@@H](C(=O)O)CC(=O)N[C@@H](CC)C(=O)N[C@@H](/C=C/C(C)=C/[C@H](C)[C@H](Cc2ccccc2)OC)[C@H](C)C(=O)N[C@@H](C(=O)O)CCC(=O)N1C. The van der Waals surface area contributed by atoms with Crippen LogP contribution in [0.25, 0.3) is 0 Å². The van der Waals surface area contributed by atoms with E-state index in [2.05, 4.69) is 43.5 Å². The summed E-state index contributed by atoms with van der Waals surface area (Å²) in [4.78, 5) is 124. The molecule has 9 atom stereocenters. The molecule has 0 aliphatic carbocycles. The Balaban J connectivity index is 2.57. The van der Waals surface area contributed by atoms with Crippen LogP contribution in [0.3, 0.4) is 0 Å². The van der Waals surface area contributed by atoms with E-state index in [1.807, 2.05) is 50.3 Å². The van der Waals surface area contributed by atoms with Gasteiger partial charge in [0.15, 0.2) is 5.96 Å². The van der Waals surface area contributed by atoms with Gasteiger partial charge in [0.25, 0.3) is 5.91 Å². The molecule has 22 nitrogen and oxygen atoms in total. The van der Waals surface area contributed by atoms with Crippen LogP contribution >= 0.6 is 0 Å². The molecule has 7 amide bonds. The summed E-state index contributed by atoms with van der Waals surface area (Å²) < 4.78 is 5.79. The summed E-state index contributed by atoms with van der Waals surface area (Å²) in [7, 11) is 2.82. The van der Waals surface area contributed by atoms with Crippen molar-refractivity contribution in [1.82, 2.24) is 36.8 Å². The Morgan fingerprint density at radius 1 is 0.884 bits per heavy atom. The first kappa shape index (κ1) is 58.0. The summed E-state index contributed by atoms with van der Waals surface area (Å²) >= 11 is 0. The van der Waals surface area contributed by atoms with Gasteiger partial charge in [-0.25, -0.2) is 9.59 Å². The van der Waals surface area contributed by atoms with Crippen molar-refractivity contribution >= 4 is 59.2 Å². The number of carbonyl (C=O) groups excluding carboxylic acids is 7. The van der Waals surface area contributed by atoms with E-state index < -0.39 is 120 Å². The molecule has 2 rings (SSSR count). The van der Waals surface area contributed by atoms with Crippen LogP contribution in [0.1, 0.15) is 85.1 Å². The molecular weight excluding hydrogens is 897 g/mol. The van der Waals surface area contributed by atoms with E-state index in [0.717, 1.165) is 16.0 Å². The highest BCUT2D eigenvalue weighted by Gasteiger charge is 2.34. The minimum absolute atomic E-state index is 0.00634. The number of nitrogens with one attached hydrogen (secondary N) is 6. The summed E-state index contributed by atoms with van der Waals surface area (Å²) in [6.45, 7) is 11.9. The van der Waals surface area contributed by atoms with Gasteiger partial charge in [0, 0.05) is 33.0 Å². The number of aliphatic imine (C=N–C) groups is 1. The Morgan fingerprint density at radius 3 is 2.10 bits per heavy atom. The third-order valence-electron chi connectivity index (χ3n) is 11.5. The first-order valence-corrected chi connectivity index (χ1v) is 22.7. The number of allylic oxidation sites excluding steroid dienone is 2. The number of guanidine groups is 1. The molecule has 1 aliphatic heterocycles. The Hall–Kier alpha value is -7.10. The van der Waals surface area contributed by atoms with Gasteiger partial charge >= 0.3 is 11.9 Å². The number of nitrogens with zero attached hydrogens (tertiary/aromatic N) is 2. The molecule has 0 spiro atoms. The lowest BCUT2D eigenvalue weighted by Crippen LogP contribution is -2.56. The molecular formula is C47H70N10O12. The Labute approximate surface area is 402 Å². The lowest BCUT2D eigenvalue weighted by Gasteiger charge is -2.26. The number of likely N-dealkylation sites (N-methyl/N-ethyl adjacent to an activating group) is 1. The van der Waals surface area contributed by atoms with Crippen LogP contribution in [0.4, 0.5) is 0 Å². The van der Waals surface area contributed by atoms with Crippen LogP contribution in [0.2, 0.25) is 0 Å². The maximum absolute atomic E-state index is 13.9. The van der Waals surface area contributed by atoms with Gasteiger partial charge in [-0.2, -0.15) is 0 Å². The number of carboxylic acids is 2. The van der Waals surface area contributed by atoms with Crippen LogP contribution < -0.4 is 43.4 Å². The van der Waals surface area contributed by atoms with Gasteiger partial charge in [-0.1, -0.05) is 81.5 Å².